The van der Waals surface area contributed by atoms with Crippen molar-refractivity contribution >= 4 is 60.9 Å². The molecule has 60 heavy (non-hydrogen) atoms. The Morgan fingerprint density at radius 1 is 0.617 bits per heavy atom. The van der Waals surface area contributed by atoms with Gasteiger partial charge >= 0.3 is 0 Å². The lowest BCUT2D eigenvalue weighted by atomic mass is 10.0. The van der Waals surface area contributed by atoms with E-state index in [0.717, 1.165) is 66.9 Å². The first-order chi connectivity index (χ1) is 29.3. The van der Waals surface area contributed by atoms with Crippen molar-refractivity contribution in [3.63, 3.8) is 0 Å². The third kappa shape index (κ3) is 7.76. The molecular formula is C49H44N10O. The summed E-state index contributed by atoms with van der Waals surface area (Å²) in [6.45, 7) is 2.82. The Hall–Kier alpha value is -7.79. The maximum absolute atomic E-state index is 5.79. The molecule has 10 aromatic rings. The summed E-state index contributed by atoms with van der Waals surface area (Å²) >= 11 is 0. The lowest BCUT2D eigenvalue weighted by Gasteiger charge is -2.17. The average Bonchev–Trinajstić information content (AvgIpc) is 3.86. The van der Waals surface area contributed by atoms with Crippen molar-refractivity contribution in [1.29, 1.82) is 0 Å². The van der Waals surface area contributed by atoms with Crippen LogP contribution in [0, 0.1) is 0 Å². The Labute approximate surface area is 347 Å². The number of rotatable bonds is 9. The zero-order chi connectivity index (χ0) is 41.2. The molecule has 5 aromatic carbocycles. The molecule has 5 heterocycles. The highest BCUT2D eigenvalue weighted by molar-refractivity contribution is 5.98. The van der Waals surface area contributed by atoms with Crippen molar-refractivity contribution in [2.75, 3.05) is 23.5 Å². The van der Waals surface area contributed by atoms with Gasteiger partial charge in [-0.2, -0.15) is 0 Å². The number of pyridine rings is 1. The first-order valence-corrected chi connectivity index (χ1v) is 19.7. The topological polar surface area (TPSA) is 134 Å². The maximum atomic E-state index is 5.79. The molecule has 0 aliphatic rings. The number of methoxy groups -OCH3 is 1. The molecule has 0 spiro atoms. The fourth-order valence-corrected chi connectivity index (χ4v) is 7.58. The number of aryl methyl sites for hydroxylation is 2. The zero-order valence-electron chi connectivity index (χ0n) is 33.8. The van der Waals surface area contributed by atoms with E-state index in [9.17, 15) is 0 Å². The van der Waals surface area contributed by atoms with Gasteiger partial charge in [-0.15, -0.1) is 0 Å². The van der Waals surface area contributed by atoms with Crippen LogP contribution in [0.4, 0.5) is 17.1 Å². The summed E-state index contributed by atoms with van der Waals surface area (Å²) in [4.78, 5) is 22.7. The van der Waals surface area contributed by atoms with Crippen molar-refractivity contribution in [3.05, 3.63) is 164 Å². The first-order valence-electron chi connectivity index (χ1n) is 19.7. The van der Waals surface area contributed by atoms with E-state index in [1.165, 1.54) is 27.4 Å². The molecule has 5 aromatic heterocycles. The second kappa shape index (κ2) is 16.2. The van der Waals surface area contributed by atoms with Gasteiger partial charge in [0.05, 0.1) is 35.2 Å². The molecule has 0 fully saturated rings. The third-order valence-electron chi connectivity index (χ3n) is 10.9. The number of benzene rings is 5. The Balaban J connectivity index is 0.000000154. The molecule has 0 aliphatic heterocycles. The predicted octanol–water partition coefficient (Wildman–Crippen LogP) is 10.3. The predicted molar refractivity (Wildman–Crippen MR) is 244 cm³/mol. The number of hydrogen-bond donors (Lipinski definition) is 3. The van der Waals surface area contributed by atoms with Crippen LogP contribution in [0.3, 0.4) is 0 Å². The van der Waals surface area contributed by atoms with Gasteiger partial charge in [0.15, 0.2) is 0 Å². The van der Waals surface area contributed by atoms with Gasteiger partial charge < -0.3 is 30.2 Å². The highest BCUT2D eigenvalue weighted by Gasteiger charge is 2.14. The Bertz CT molecular complexity index is 3120. The Morgan fingerprint density at radius 3 is 1.75 bits per heavy atom. The summed E-state index contributed by atoms with van der Waals surface area (Å²) < 4.78 is 9.43. The van der Waals surface area contributed by atoms with Crippen LogP contribution >= 0.6 is 0 Å². The number of aromatic nitrogens is 7. The fraction of sp³-hybridized carbons (Fsp3) is 0.122. The highest BCUT2D eigenvalue weighted by atomic mass is 16.5. The van der Waals surface area contributed by atoms with Crippen LogP contribution in [-0.4, -0.2) is 41.2 Å². The van der Waals surface area contributed by atoms with Crippen molar-refractivity contribution < 1.29 is 4.74 Å². The average molecular weight is 789 g/mol. The quantitative estimate of drug-likeness (QED) is 0.122. The molecule has 11 nitrogen and oxygen atoms in total. The van der Waals surface area contributed by atoms with Gasteiger partial charge in [-0.3, -0.25) is 19.9 Å². The molecule has 4 N–H and O–H groups in total. The van der Waals surface area contributed by atoms with Crippen LogP contribution < -0.4 is 21.1 Å². The lowest BCUT2D eigenvalue weighted by molar-refractivity contribution is 0.397. The molecule has 0 aliphatic carbocycles. The van der Waals surface area contributed by atoms with Crippen LogP contribution in [0.5, 0.6) is 5.88 Å². The van der Waals surface area contributed by atoms with E-state index in [1.54, 1.807) is 31.9 Å². The van der Waals surface area contributed by atoms with E-state index in [2.05, 4.69) is 139 Å². The van der Waals surface area contributed by atoms with Gasteiger partial charge in [-0.25, -0.2) is 4.98 Å². The number of nitrogens with zero attached hydrogens (tertiary/aromatic N) is 7. The molecule has 0 saturated carbocycles. The van der Waals surface area contributed by atoms with E-state index >= 15 is 0 Å². The van der Waals surface area contributed by atoms with E-state index in [4.69, 9.17) is 10.5 Å². The number of anilines is 3. The van der Waals surface area contributed by atoms with Crippen LogP contribution in [0.15, 0.2) is 153 Å². The largest absolute Gasteiger partial charge is 0.481 e. The second-order valence-corrected chi connectivity index (χ2v) is 14.9. The number of hydrogen-bond acceptors (Lipinski definition) is 9. The standard InChI is InChI=1S/C25H23N5O.C24H21N5/c1-16(19-6-7-24(31-3)28-15-19)29-20-13-21(25-22(14-20)26-9-10-27-25)18-5-4-17-8-11-30(2)23(17)12-18;1-29-11-8-17-4-5-18(12-23(17)29)21-13-20(14-22-24(21)27-10-9-26-22)28-15-16-2-6-19(25)7-3-16/h4-16,29H,1-3H3;2-14,28H,15,25H2,1H3. The molecule has 0 radical (unpaired) electrons. The van der Waals surface area contributed by atoms with E-state index in [0.29, 0.717) is 12.4 Å². The normalized spacial score (nSPS) is 11.7. The number of ether oxygens (including phenoxy) is 1. The molecule has 1 unspecified atom stereocenters. The van der Waals surface area contributed by atoms with Gasteiger partial charge in [-0.1, -0.05) is 42.5 Å². The Kier molecular flexibility index (Phi) is 10.2. The highest BCUT2D eigenvalue weighted by Crippen LogP contribution is 2.35. The molecule has 11 heteroatoms. The minimum absolute atomic E-state index is 0.0655. The van der Waals surface area contributed by atoms with Crippen molar-refractivity contribution in [3.8, 4) is 28.1 Å². The van der Waals surface area contributed by atoms with Gasteiger partial charge in [0.1, 0.15) is 0 Å². The summed E-state index contributed by atoms with van der Waals surface area (Å²) in [5, 5.41) is 9.55. The van der Waals surface area contributed by atoms with Crippen molar-refractivity contribution in [2.45, 2.75) is 19.5 Å². The van der Waals surface area contributed by atoms with E-state index in [1.807, 2.05) is 54.7 Å². The van der Waals surface area contributed by atoms with E-state index < -0.39 is 0 Å². The molecule has 0 amide bonds. The van der Waals surface area contributed by atoms with Gasteiger partial charge in [-0.05, 0) is 101 Å². The third-order valence-corrected chi connectivity index (χ3v) is 10.9. The molecule has 0 saturated heterocycles. The minimum Gasteiger partial charge on any atom is -0.481 e. The fourth-order valence-electron chi connectivity index (χ4n) is 7.58. The van der Waals surface area contributed by atoms with Gasteiger partial charge in [0.25, 0.3) is 0 Å². The molecule has 0 bridgehead atoms. The summed E-state index contributed by atoms with van der Waals surface area (Å²) in [5.74, 6) is 0.607. The SMILES string of the molecule is COc1ccc(C(C)Nc2cc(-c3ccc4ccn(C)c4c3)c3nccnc3c2)cn1.Cn1ccc2ccc(-c3cc(NCc4ccc(N)cc4)cc4nccnc34)cc21. The molecule has 1 atom stereocenters. The van der Waals surface area contributed by atoms with Crippen LogP contribution in [0.2, 0.25) is 0 Å². The van der Waals surface area contributed by atoms with Crippen LogP contribution in [-0.2, 0) is 20.6 Å². The summed E-state index contributed by atoms with van der Waals surface area (Å²) in [7, 11) is 5.75. The second-order valence-electron chi connectivity index (χ2n) is 14.9. The number of nitrogens with two attached hydrogens (primary N) is 1. The molecular weight excluding hydrogens is 745 g/mol. The van der Waals surface area contributed by atoms with E-state index in [-0.39, 0.29) is 6.04 Å². The first kappa shape index (κ1) is 37.8. The van der Waals surface area contributed by atoms with Gasteiger partial charge in [0.2, 0.25) is 5.88 Å². The minimum atomic E-state index is 0.0655. The Morgan fingerprint density at radius 2 is 1.18 bits per heavy atom. The summed E-state index contributed by atoms with van der Waals surface area (Å²) in [6.07, 6.45) is 12.9. The lowest BCUT2D eigenvalue weighted by Crippen LogP contribution is -2.07. The zero-order valence-corrected chi connectivity index (χ0v) is 33.8. The summed E-state index contributed by atoms with van der Waals surface area (Å²) in [5.41, 5.74) is 21.1. The van der Waals surface area contributed by atoms with Gasteiger partial charge in [0, 0.05) is 109 Å². The number of nitrogens with one attached hydrogen (secondary N) is 2. The monoisotopic (exact) mass is 788 g/mol. The van der Waals surface area contributed by atoms with Crippen molar-refractivity contribution in [2.24, 2.45) is 14.1 Å². The maximum Gasteiger partial charge on any atom is 0.212 e. The number of nitrogen functional groups attached to an aromatic ring is 1. The number of fused-ring (bicyclic) bond motifs is 4. The van der Waals surface area contributed by atoms with Crippen LogP contribution in [0.1, 0.15) is 24.1 Å². The molecule has 296 valence electrons. The van der Waals surface area contributed by atoms with Crippen molar-refractivity contribution in [1.82, 2.24) is 34.1 Å². The summed E-state index contributed by atoms with van der Waals surface area (Å²) in [6, 6.07) is 37.5. The van der Waals surface area contributed by atoms with Crippen LogP contribution in [0.25, 0.3) is 66.1 Å². The smallest absolute Gasteiger partial charge is 0.212 e. The molecule has 10 rings (SSSR count).